The highest BCUT2D eigenvalue weighted by Crippen LogP contribution is 2.17. The molecule has 0 saturated carbocycles. The average molecular weight is 424 g/mol. The number of benzene rings is 2. The SMILES string of the molecule is O=C(NCc1ccc(OC(F)F)cc1)NC1CCN(Cc2ccc(Cl)cc2)CC1. The normalized spacial score (nSPS) is 15.3. The maximum absolute atomic E-state index is 12.2. The highest BCUT2D eigenvalue weighted by molar-refractivity contribution is 6.30. The standard InChI is InChI=1S/C21H24ClF2N3O2/c22-17-5-1-16(2-6-17)14-27-11-9-18(10-12-27)26-21(28)25-13-15-3-7-19(8-4-15)29-20(23)24/h1-8,18,20H,9-14H2,(H2,25,26,28). The topological polar surface area (TPSA) is 53.6 Å². The Bertz CT molecular complexity index is 780. The number of ether oxygens (including phenoxy) is 1. The van der Waals surface area contributed by atoms with Crippen molar-refractivity contribution in [3.8, 4) is 5.75 Å². The Morgan fingerprint density at radius 3 is 2.31 bits per heavy atom. The first-order valence-electron chi connectivity index (χ1n) is 9.53. The van der Waals surface area contributed by atoms with E-state index in [0.717, 1.165) is 43.1 Å². The van der Waals surface area contributed by atoms with E-state index in [1.54, 1.807) is 12.1 Å². The van der Waals surface area contributed by atoms with E-state index in [4.69, 9.17) is 11.6 Å². The summed E-state index contributed by atoms with van der Waals surface area (Å²) >= 11 is 5.92. The van der Waals surface area contributed by atoms with Crippen LogP contribution in [0.3, 0.4) is 0 Å². The predicted octanol–water partition coefficient (Wildman–Crippen LogP) is 4.41. The number of nitrogens with zero attached hydrogens (tertiary/aromatic N) is 1. The molecular weight excluding hydrogens is 400 g/mol. The Hall–Kier alpha value is -2.38. The number of piperidine rings is 1. The maximum atomic E-state index is 12.2. The molecule has 1 saturated heterocycles. The molecule has 29 heavy (non-hydrogen) atoms. The van der Waals surface area contributed by atoms with E-state index < -0.39 is 6.61 Å². The molecular formula is C21H24ClF2N3O2. The van der Waals surface area contributed by atoms with Gasteiger partial charge in [-0.05, 0) is 48.2 Å². The van der Waals surface area contributed by atoms with Crippen molar-refractivity contribution in [1.82, 2.24) is 15.5 Å². The van der Waals surface area contributed by atoms with Crippen molar-refractivity contribution in [2.75, 3.05) is 13.1 Å². The van der Waals surface area contributed by atoms with Gasteiger partial charge in [0.15, 0.2) is 0 Å². The molecule has 156 valence electrons. The van der Waals surface area contributed by atoms with Gasteiger partial charge in [0, 0.05) is 37.2 Å². The zero-order chi connectivity index (χ0) is 20.6. The highest BCUT2D eigenvalue weighted by Gasteiger charge is 2.20. The Morgan fingerprint density at radius 1 is 1.07 bits per heavy atom. The molecule has 0 aliphatic carbocycles. The monoisotopic (exact) mass is 423 g/mol. The number of hydrogen-bond donors (Lipinski definition) is 2. The quantitative estimate of drug-likeness (QED) is 0.693. The van der Waals surface area contributed by atoms with Crippen molar-refractivity contribution in [2.24, 2.45) is 0 Å². The van der Waals surface area contributed by atoms with Gasteiger partial charge in [0.2, 0.25) is 0 Å². The van der Waals surface area contributed by atoms with Gasteiger partial charge in [0.25, 0.3) is 0 Å². The van der Waals surface area contributed by atoms with E-state index in [9.17, 15) is 13.6 Å². The number of alkyl halides is 2. The second-order valence-electron chi connectivity index (χ2n) is 7.03. The summed E-state index contributed by atoms with van der Waals surface area (Å²) in [5.41, 5.74) is 2.03. The molecule has 1 heterocycles. The third kappa shape index (κ3) is 7.18. The lowest BCUT2D eigenvalue weighted by molar-refractivity contribution is -0.0498. The second kappa shape index (κ2) is 10.4. The molecule has 1 aliphatic rings. The first-order valence-corrected chi connectivity index (χ1v) is 9.90. The fourth-order valence-corrected chi connectivity index (χ4v) is 3.42. The van der Waals surface area contributed by atoms with Crippen molar-refractivity contribution in [1.29, 1.82) is 0 Å². The van der Waals surface area contributed by atoms with Gasteiger partial charge in [0.1, 0.15) is 5.75 Å². The first kappa shape index (κ1) is 21.3. The number of nitrogens with one attached hydrogen (secondary N) is 2. The molecule has 0 bridgehead atoms. The molecule has 0 spiro atoms. The third-order valence-electron chi connectivity index (χ3n) is 4.84. The Kier molecular flexibility index (Phi) is 7.66. The molecule has 5 nitrogen and oxygen atoms in total. The van der Waals surface area contributed by atoms with Crippen LogP contribution in [0.15, 0.2) is 48.5 Å². The maximum Gasteiger partial charge on any atom is 0.387 e. The molecule has 2 N–H and O–H groups in total. The van der Waals surface area contributed by atoms with E-state index in [1.165, 1.54) is 17.7 Å². The molecule has 3 rings (SSSR count). The molecule has 0 radical (unpaired) electrons. The number of urea groups is 1. The Balaban J connectivity index is 1.35. The van der Waals surface area contributed by atoms with Crippen LogP contribution >= 0.6 is 11.6 Å². The summed E-state index contributed by atoms with van der Waals surface area (Å²) in [5, 5.41) is 6.53. The van der Waals surface area contributed by atoms with Crippen LogP contribution in [0.5, 0.6) is 5.75 Å². The fraction of sp³-hybridized carbons (Fsp3) is 0.381. The zero-order valence-electron chi connectivity index (χ0n) is 15.9. The second-order valence-corrected chi connectivity index (χ2v) is 7.46. The fourth-order valence-electron chi connectivity index (χ4n) is 3.29. The minimum atomic E-state index is -2.85. The lowest BCUT2D eigenvalue weighted by Crippen LogP contribution is -2.47. The van der Waals surface area contributed by atoms with Gasteiger partial charge in [-0.2, -0.15) is 8.78 Å². The molecule has 2 aromatic carbocycles. The van der Waals surface area contributed by atoms with Gasteiger partial charge in [-0.1, -0.05) is 35.9 Å². The molecule has 0 unspecified atom stereocenters. The largest absolute Gasteiger partial charge is 0.435 e. The molecule has 1 aliphatic heterocycles. The lowest BCUT2D eigenvalue weighted by atomic mass is 10.0. The van der Waals surface area contributed by atoms with E-state index in [1.807, 2.05) is 24.3 Å². The van der Waals surface area contributed by atoms with Crippen LogP contribution in [-0.2, 0) is 13.1 Å². The van der Waals surface area contributed by atoms with Crippen molar-refractivity contribution in [3.63, 3.8) is 0 Å². The minimum absolute atomic E-state index is 0.0959. The van der Waals surface area contributed by atoms with Crippen LogP contribution in [0.25, 0.3) is 0 Å². The molecule has 0 aromatic heterocycles. The van der Waals surface area contributed by atoms with E-state index in [-0.39, 0.29) is 17.8 Å². The van der Waals surface area contributed by atoms with Crippen molar-refractivity contribution in [3.05, 3.63) is 64.7 Å². The van der Waals surface area contributed by atoms with Crippen LogP contribution in [0.2, 0.25) is 5.02 Å². The van der Waals surface area contributed by atoms with Crippen LogP contribution in [-0.4, -0.2) is 36.7 Å². The van der Waals surface area contributed by atoms with Crippen LogP contribution in [0, 0.1) is 0 Å². The van der Waals surface area contributed by atoms with Gasteiger partial charge < -0.3 is 15.4 Å². The summed E-state index contributed by atoms with van der Waals surface area (Å²) in [6, 6.07) is 14.0. The zero-order valence-corrected chi connectivity index (χ0v) is 16.7. The molecule has 0 atom stereocenters. The van der Waals surface area contributed by atoms with Gasteiger partial charge >= 0.3 is 12.6 Å². The van der Waals surface area contributed by atoms with Crippen LogP contribution in [0.4, 0.5) is 13.6 Å². The summed E-state index contributed by atoms with van der Waals surface area (Å²) < 4.78 is 28.6. The molecule has 1 fully saturated rings. The van der Waals surface area contributed by atoms with Crippen molar-refractivity contribution in [2.45, 2.75) is 38.6 Å². The number of carbonyl (C=O) groups is 1. The summed E-state index contributed by atoms with van der Waals surface area (Å²) in [4.78, 5) is 14.5. The predicted molar refractivity (Wildman–Crippen MR) is 108 cm³/mol. The number of carbonyl (C=O) groups excluding carboxylic acids is 1. The van der Waals surface area contributed by atoms with Crippen molar-refractivity contribution < 1.29 is 18.3 Å². The average Bonchev–Trinajstić information content (AvgIpc) is 2.70. The number of likely N-dealkylation sites (tertiary alicyclic amines) is 1. The molecule has 2 aromatic rings. The highest BCUT2D eigenvalue weighted by atomic mass is 35.5. The molecule has 8 heteroatoms. The Morgan fingerprint density at radius 2 is 1.69 bits per heavy atom. The van der Waals surface area contributed by atoms with Gasteiger partial charge in [-0.25, -0.2) is 4.79 Å². The van der Waals surface area contributed by atoms with E-state index in [2.05, 4.69) is 20.3 Å². The van der Waals surface area contributed by atoms with Crippen LogP contribution in [0.1, 0.15) is 24.0 Å². The summed E-state index contributed by atoms with van der Waals surface area (Å²) in [6.07, 6.45) is 1.78. The van der Waals surface area contributed by atoms with Gasteiger partial charge in [-0.3, -0.25) is 4.90 Å². The third-order valence-corrected chi connectivity index (χ3v) is 5.10. The summed E-state index contributed by atoms with van der Waals surface area (Å²) in [7, 11) is 0. The lowest BCUT2D eigenvalue weighted by Gasteiger charge is -2.32. The minimum Gasteiger partial charge on any atom is -0.435 e. The number of amides is 2. The van der Waals surface area contributed by atoms with Crippen LogP contribution < -0.4 is 15.4 Å². The van der Waals surface area contributed by atoms with Gasteiger partial charge in [-0.15, -0.1) is 0 Å². The number of rotatable bonds is 7. The van der Waals surface area contributed by atoms with Crippen molar-refractivity contribution >= 4 is 17.6 Å². The smallest absolute Gasteiger partial charge is 0.387 e. The van der Waals surface area contributed by atoms with Gasteiger partial charge in [0.05, 0.1) is 0 Å². The van der Waals surface area contributed by atoms with E-state index >= 15 is 0 Å². The number of halogens is 3. The summed E-state index contributed by atoms with van der Waals surface area (Å²) in [6.45, 7) is 0.179. The Labute approximate surface area is 174 Å². The number of hydrogen-bond acceptors (Lipinski definition) is 3. The van der Waals surface area contributed by atoms with E-state index in [0.29, 0.717) is 6.54 Å². The summed E-state index contributed by atoms with van der Waals surface area (Å²) in [5.74, 6) is 0.0959. The molecule has 2 amide bonds. The first-order chi connectivity index (χ1) is 14.0.